The van der Waals surface area contributed by atoms with Gasteiger partial charge in [-0.15, -0.1) is 11.3 Å². The second-order valence-corrected chi connectivity index (χ2v) is 5.05. The molecule has 1 heterocycles. The summed E-state index contributed by atoms with van der Waals surface area (Å²) in [5.41, 5.74) is 3.36. The van der Waals surface area contributed by atoms with E-state index >= 15 is 0 Å². The second kappa shape index (κ2) is 7.45. The second-order valence-electron chi connectivity index (χ2n) is 4.02. The van der Waals surface area contributed by atoms with Crippen molar-refractivity contribution in [3.05, 3.63) is 52.2 Å². The van der Waals surface area contributed by atoms with Gasteiger partial charge in [-0.25, -0.2) is 5.43 Å². The SMILES string of the molecule is CCOc1ccccc1/C=N/NC(=O)Cc1cccs1. The minimum Gasteiger partial charge on any atom is -0.493 e. The van der Waals surface area contributed by atoms with Crippen LogP contribution in [0.15, 0.2) is 46.9 Å². The Kier molecular flexibility index (Phi) is 5.32. The first-order valence-corrected chi connectivity index (χ1v) is 7.23. The molecule has 0 atom stereocenters. The number of carbonyl (C=O) groups is 1. The highest BCUT2D eigenvalue weighted by atomic mass is 32.1. The molecule has 0 aliphatic carbocycles. The first-order valence-electron chi connectivity index (χ1n) is 6.35. The minimum absolute atomic E-state index is 0.127. The molecule has 1 amide bonds. The maximum absolute atomic E-state index is 11.7. The van der Waals surface area contributed by atoms with E-state index in [2.05, 4.69) is 10.5 Å². The maximum atomic E-state index is 11.7. The largest absolute Gasteiger partial charge is 0.493 e. The molecule has 0 aliphatic rings. The van der Waals surface area contributed by atoms with E-state index in [-0.39, 0.29) is 5.91 Å². The van der Waals surface area contributed by atoms with Gasteiger partial charge >= 0.3 is 0 Å². The lowest BCUT2D eigenvalue weighted by Crippen LogP contribution is -2.19. The molecule has 2 aromatic rings. The van der Waals surface area contributed by atoms with Gasteiger partial charge in [-0.05, 0) is 30.5 Å². The van der Waals surface area contributed by atoms with E-state index in [1.165, 1.54) is 0 Å². The molecule has 1 aromatic carbocycles. The van der Waals surface area contributed by atoms with Crippen molar-refractivity contribution in [3.63, 3.8) is 0 Å². The van der Waals surface area contributed by atoms with Crippen molar-refractivity contribution in [2.24, 2.45) is 5.10 Å². The lowest BCUT2D eigenvalue weighted by molar-refractivity contribution is -0.120. The molecule has 0 saturated carbocycles. The van der Waals surface area contributed by atoms with E-state index in [9.17, 15) is 4.79 Å². The van der Waals surface area contributed by atoms with Crippen molar-refractivity contribution in [2.45, 2.75) is 13.3 Å². The molecule has 0 bridgehead atoms. The summed E-state index contributed by atoms with van der Waals surface area (Å²) in [4.78, 5) is 12.7. The van der Waals surface area contributed by atoms with E-state index in [4.69, 9.17) is 4.74 Å². The molecule has 5 heteroatoms. The van der Waals surface area contributed by atoms with Crippen LogP contribution in [0.4, 0.5) is 0 Å². The third-order valence-electron chi connectivity index (χ3n) is 2.53. The predicted octanol–water partition coefficient (Wildman–Crippen LogP) is 2.84. The van der Waals surface area contributed by atoms with Gasteiger partial charge in [-0.1, -0.05) is 18.2 Å². The topological polar surface area (TPSA) is 50.7 Å². The molecule has 20 heavy (non-hydrogen) atoms. The number of benzene rings is 1. The lowest BCUT2D eigenvalue weighted by atomic mass is 10.2. The number of hydrazone groups is 1. The zero-order chi connectivity index (χ0) is 14.2. The van der Waals surface area contributed by atoms with E-state index in [0.29, 0.717) is 13.0 Å². The molecule has 0 aliphatic heterocycles. The first-order chi connectivity index (χ1) is 9.79. The molecule has 0 unspecified atom stereocenters. The summed E-state index contributed by atoms with van der Waals surface area (Å²) < 4.78 is 5.48. The van der Waals surface area contributed by atoms with Crippen molar-refractivity contribution >= 4 is 23.5 Å². The summed E-state index contributed by atoms with van der Waals surface area (Å²) in [5, 5.41) is 5.91. The normalized spacial score (nSPS) is 10.7. The Bertz CT molecular complexity index is 579. The Morgan fingerprint density at radius 1 is 1.35 bits per heavy atom. The molecule has 4 nitrogen and oxygen atoms in total. The number of amides is 1. The molecular formula is C15H16N2O2S. The summed E-state index contributed by atoms with van der Waals surface area (Å²) in [5.74, 6) is 0.629. The van der Waals surface area contributed by atoms with Crippen molar-refractivity contribution < 1.29 is 9.53 Å². The molecule has 0 radical (unpaired) electrons. The average molecular weight is 288 g/mol. The number of hydrogen-bond acceptors (Lipinski definition) is 4. The van der Waals surface area contributed by atoms with Crippen LogP contribution in [0.3, 0.4) is 0 Å². The van der Waals surface area contributed by atoms with Gasteiger partial charge in [0.15, 0.2) is 0 Å². The summed E-state index contributed by atoms with van der Waals surface area (Å²) in [6.07, 6.45) is 1.94. The van der Waals surface area contributed by atoms with Crippen LogP contribution in [0, 0.1) is 0 Å². The molecule has 0 spiro atoms. The van der Waals surface area contributed by atoms with Crippen molar-refractivity contribution in [1.82, 2.24) is 5.43 Å². The summed E-state index contributed by atoms with van der Waals surface area (Å²) in [6.45, 7) is 2.52. The standard InChI is InChI=1S/C15H16N2O2S/c1-2-19-14-8-4-3-6-12(14)11-16-17-15(18)10-13-7-5-9-20-13/h3-9,11H,2,10H2,1H3,(H,17,18)/b16-11+. The third-order valence-corrected chi connectivity index (χ3v) is 3.40. The summed E-state index contributed by atoms with van der Waals surface area (Å²) in [7, 11) is 0. The molecule has 104 valence electrons. The van der Waals surface area contributed by atoms with Crippen LogP contribution >= 0.6 is 11.3 Å². The number of ether oxygens (including phenoxy) is 1. The molecule has 2 rings (SSSR count). The van der Waals surface area contributed by atoms with Gasteiger partial charge in [0.2, 0.25) is 5.91 Å². The van der Waals surface area contributed by atoms with Gasteiger partial charge in [-0.3, -0.25) is 4.79 Å². The van der Waals surface area contributed by atoms with Crippen LogP contribution in [0.5, 0.6) is 5.75 Å². The van der Waals surface area contributed by atoms with E-state index in [1.807, 2.05) is 48.7 Å². The Hall–Kier alpha value is -2.14. The smallest absolute Gasteiger partial charge is 0.245 e. The maximum Gasteiger partial charge on any atom is 0.245 e. The first kappa shape index (κ1) is 14.3. The fraction of sp³-hybridized carbons (Fsp3) is 0.200. The molecular weight excluding hydrogens is 272 g/mol. The number of nitrogens with zero attached hydrogens (tertiary/aromatic N) is 1. The lowest BCUT2D eigenvalue weighted by Gasteiger charge is -2.05. The average Bonchev–Trinajstić information content (AvgIpc) is 2.94. The van der Waals surface area contributed by atoms with E-state index < -0.39 is 0 Å². The minimum atomic E-state index is -0.127. The Morgan fingerprint density at radius 2 is 2.20 bits per heavy atom. The van der Waals surface area contributed by atoms with Gasteiger partial charge in [0.1, 0.15) is 5.75 Å². The van der Waals surface area contributed by atoms with Gasteiger partial charge in [0.25, 0.3) is 0 Å². The van der Waals surface area contributed by atoms with Crippen molar-refractivity contribution in [1.29, 1.82) is 0 Å². The monoisotopic (exact) mass is 288 g/mol. The van der Waals surface area contributed by atoms with Crippen LogP contribution < -0.4 is 10.2 Å². The van der Waals surface area contributed by atoms with Gasteiger partial charge in [0.05, 0.1) is 19.2 Å². The number of nitrogens with one attached hydrogen (secondary N) is 1. The molecule has 0 saturated heterocycles. The Balaban J connectivity index is 1.91. The van der Waals surface area contributed by atoms with Crippen LogP contribution in [0.2, 0.25) is 0 Å². The third kappa shape index (κ3) is 4.20. The quantitative estimate of drug-likeness (QED) is 0.656. The van der Waals surface area contributed by atoms with Gasteiger partial charge in [-0.2, -0.15) is 5.10 Å². The van der Waals surface area contributed by atoms with Crippen LogP contribution in [-0.2, 0) is 11.2 Å². The number of thiophene rings is 1. The Labute approximate surface area is 122 Å². The zero-order valence-corrected chi connectivity index (χ0v) is 12.0. The number of hydrogen-bond donors (Lipinski definition) is 1. The highest BCUT2D eigenvalue weighted by Gasteiger charge is 2.03. The fourth-order valence-electron chi connectivity index (χ4n) is 1.66. The van der Waals surface area contributed by atoms with Crippen molar-refractivity contribution in [3.8, 4) is 5.75 Å². The predicted molar refractivity (Wildman–Crippen MR) is 81.4 cm³/mol. The van der Waals surface area contributed by atoms with Crippen LogP contribution in [-0.4, -0.2) is 18.7 Å². The fourth-order valence-corrected chi connectivity index (χ4v) is 2.36. The van der Waals surface area contributed by atoms with Crippen molar-refractivity contribution in [2.75, 3.05) is 6.61 Å². The summed E-state index contributed by atoms with van der Waals surface area (Å²) >= 11 is 1.56. The van der Waals surface area contributed by atoms with Gasteiger partial charge < -0.3 is 4.74 Å². The number of rotatable bonds is 6. The van der Waals surface area contributed by atoms with E-state index in [1.54, 1.807) is 17.6 Å². The zero-order valence-electron chi connectivity index (χ0n) is 11.2. The highest BCUT2D eigenvalue weighted by Crippen LogP contribution is 2.15. The Morgan fingerprint density at radius 3 is 2.95 bits per heavy atom. The van der Waals surface area contributed by atoms with Crippen LogP contribution in [0.1, 0.15) is 17.4 Å². The number of para-hydroxylation sites is 1. The van der Waals surface area contributed by atoms with Gasteiger partial charge in [0, 0.05) is 10.4 Å². The molecule has 0 fully saturated rings. The van der Waals surface area contributed by atoms with E-state index in [0.717, 1.165) is 16.2 Å². The van der Waals surface area contributed by atoms with Crippen LogP contribution in [0.25, 0.3) is 0 Å². The summed E-state index contributed by atoms with van der Waals surface area (Å²) in [6, 6.07) is 11.4. The molecule has 1 aromatic heterocycles. The highest BCUT2D eigenvalue weighted by molar-refractivity contribution is 7.10. The number of carbonyl (C=O) groups excluding carboxylic acids is 1. The molecule has 1 N–H and O–H groups in total.